The number of H-pyrrole nitrogens is 1. The molecular weight excluding hydrogens is 368 g/mol. The van der Waals surface area contributed by atoms with E-state index in [9.17, 15) is 8.42 Å². The molecule has 0 spiro atoms. The molecule has 0 aliphatic rings. The molecule has 4 aromatic rings. The number of nitrogens with one attached hydrogen (secondary N) is 3. The van der Waals surface area contributed by atoms with E-state index in [1.165, 1.54) is 18.2 Å². The van der Waals surface area contributed by atoms with Gasteiger partial charge in [0.15, 0.2) is 0 Å². The Kier molecular flexibility index (Phi) is 4.18. The summed E-state index contributed by atoms with van der Waals surface area (Å²) in [5, 5.41) is 14.0. The maximum Gasteiger partial charge on any atom is 0.294 e. The van der Waals surface area contributed by atoms with Gasteiger partial charge in [0, 0.05) is 17.3 Å². The lowest BCUT2D eigenvalue weighted by Gasteiger charge is -2.09. The average molecular weight is 382 g/mol. The minimum atomic E-state index is -4.28. The highest BCUT2D eigenvalue weighted by atomic mass is 32.2. The molecule has 9 nitrogen and oxygen atoms in total. The Morgan fingerprint density at radius 2 is 1.89 bits per heavy atom. The van der Waals surface area contributed by atoms with Gasteiger partial charge in [0.05, 0.1) is 22.3 Å². The van der Waals surface area contributed by atoms with Crippen LogP contribution in [-0.2, 0) is 10.1 Å². The first-order valence-corrected chi connectivity index (χ1v) is 9.30. The molecule has 0 saturated carbocycles. The fourth-order valence-electron chi connectivity index (χ4n) is 2.57. The van der Waals surface area contributed by atoms with E-state index >= 15 is 0 Å². The monoisotopic (exact) mass is 382 g/mol. The zero-order valence-electron chi connectivity index (χ0n) is 13.8. The fraction of sp³-hybridized carbons (Fsp3) is 0. The smallest absolute Gasteiger partial charge is 0.294 e. The lowest BCUT2D eigenvalue weighted by Crippen LogP contribution is -2.02. The van der Waals surface area contributed by atoms with Gasteiger partial charge in [-0.25, -0.2) is 4.98 Å². The first-order valence-electron chi connectivity index (χ1n) is 7.86. The van der Waals surface area contributed by atoms with Crippen molar-refractivity contribution in [1.82, 2.24) is 20.2 Å². The van der Waals surface area contributed by atoms with E-state index in [0.29, 0.717) is 11.5 Å². The molecule has 136 valence electrons. The van der Waals surface area contributed by atoms with E-state index < -0.39 is 10.1 Å². The van der Waals surface area contributed by atoms with E-state index in [1.54, 1.807) is 24.5 Å². The molecule has 0 unspecified atom stereocenters. The summed E-state index contributed by atoms with van der Waals surface area (Å²) in [6, 6.07) is 13.2. The lowest BCUT2D eigenvalue weighted by molar-refractivity contribution is 0.483. The second-order valence-corrected chi connectivity index (χ2v) is 7.08. The molecule has 0 atom stereocenters. The molecule has 0 radical (unpaired) electrons. The van der Waals surface area contributed by atoms with Crippen LogP contribution in [0.4, 0.5) is 23.1 Å². The lowest BCUT2D eigenvalue weighted by atomic mass is 10.2. The third-order valence-corrected chi connectivity index (χ3v) is 4.64. The molecule has 0 saturated heterocycles. The van der Waals surface area contributed by atoms with Crippen molar-refractivity contribution in [2.75, 3.05) is 10.6 Å². The van der Waals surface area contributed by atoms with Crippen molar-refractivity contribution in [1.29, 1.82) is 0 Å². The standard InChI is InChI=1S/C17H14N6O3S/c24-27(25,26)12-4-1-3-11(9-12)20-17-18-8-7-16(22-17)21-14-5-2-6-15-13(14)10-19-23-15/h1-10H,(H,19,23)(H,24,25,26)(H2,18,20,21,22). The summed E-state index contributed by atoms with van der Waals surface area (Å²) < 4.78 is 31.7. The molecule has 2 aromatic heterocycles. The van der Waals surface area contributed by atoms with Crippen LogP contribution in [0.25, 0.3) is 10.9 Å². The molecule has 0 aliphatic carbocycles. The van der Waals surface area contributed by atoms with Crippen LogP contribution in [0.3, 0.4) is 0 Å². The molecule has 10 heteroatoms. The van der Waals surface area contributed by atoms with Crippen LogP contribution in [0, 0.1) is 0 Å². The van der Waals surface area contributed by atoms with Gasteiger partial charge in [-0.3, -0.25) is 9.65 Å². The highest BCUT2D eigenvalue weighted by Gasteiger charge is 2.10. The largest absolute Gasteiger partial charge is 0.339 e. The fourth-order valence-corrected chi connectivity index (χ4v) is 3.09. The van der Waals surface area contributed by atoms with Crippen LogP contribution in [0.1, 0.15) is 0 Å². The van der Waals surface area contributed by atoms with Gasteiger partial charge in [0.2, 0.25) is 5.95 Å². The van der Waals surface area contributed by atoms with Gasteiger partial charge in [-0.05, 0) is 36.4 Å². The number of hydrogen-bond acceptors (Lipinski definition) is 7. The van der Waals surface area contributed by atoms with Crippen molar-refractivity contribution in [2.24, 2.45) is 0 Å². The van der Waals surface area contributed by atoms with Crippen LogP contribution in [-0.4, -0.2) is 33.1 Å². The van der Waals surface area contributed by atoms with Crippen molar-refractivity contribution in [3.63, 3.8) is 0 Å². The van der Waals surface area contributed by atoms with Gasteiger partial charge in [-0.15, -0.1) is 0 Å². The number of hydrogen-bond donors (Lipinski definition) is 4. The third-order valence-electron chi connectivity index (χ3n) is 3.79. The van der Waals surface area contributed by atoms with Gasteiger partial charge in [0.25, 0.3) is 10.1 Å². The normalized spacial score (nSPS) is 11.4. The highest BCUT2D eigenvalue weighted by Crippen LogP contribution is 2.25. The van der Waals surface area contributed by atoms with Crippen molar-refractivity contribution in [2.45, 2.75) is 4.90 Å². The molecule has 0 fully saturated rings. The number of aromatic nitrogens is 4. The molecule has 0 amide bonds. The summed E-state index contributed by atoms with van der Waals surface area (Å²) in [5.74, 6) is 0.819. The van der Waals surface area contributed by atoms with Crippen LogP contribution in [0.2, 0.25) is 0 Å². The van der Waals surface area contributed by atoms with E-state index in [0.717, 1.165) is 16.6 Å². The summed E-state index contributed by atoms with van der Waals surface area (Å²) >= 11 is 0. The zero-order valence-corrected chi connectivity index (χ0v) is 14.6. The van der Waals surface area contributed by atoms with Gasteiger partial charge < -0.3 is 10.6 Å². The second-order valence-electron chi connectivity index (χ2n) is 5.66. The third kappa shape index (κ3) is 3.71. The maximum absolute atomic E-state index is 11.3. The Labute approximate surface area is 154 Å². The molecular formula is C17H14N6O3S. The Morgan fingerprint density at radius 3 is 2.74 bits per heavy atom. The van der Waals surface area contributed by atoms with E-state index in [1.807, 2.05) is 18.2 Å². The predicted octanol–water partition coefficient (Wildman–Crippen LogP) is 3.09. The Hall–Kier alpha value is -3.50. The molecule has 2 aromatic carbocycles. The Balaban J connectivity index is 1.59. The predicted molar refractivity (Wildman–Crippen MR) is 101 cm³/mol. The number of aromatic amines is 1. The van der Waals surface area contributed by atoms with Gasteiger partial charge in [0.1, 0.15) is 5.82 Å². The van der Waals surface area contributed by atoms with E-state index in [4.69, 9.17) is 4.55 Å². The number of anilines is 4. The van der Waals surface area contributed by atoms with E-state index in [2.05, 4.69) is 30.8 Å². The minimum absolute atomic E-state index is 0.214. The summed E-state index contributed by atoms with van der Waals surface area (Å²) in [7, 11) is -4.28. The molecule has 4 N–H and O–H groups in total. The molecule has 0 aliphatic heterocycles. The number of fused-ring (bicyclic) bond motifs is 1. The summed E-state index contributed by atoms with van der Waals surface area (Å²) in [5.41, 5.74) is 2.16. The van der Waals surface area contributed by atoms with Crippen molar-refractivity contribution in [3.05, 3.63) is 60.9 Å². The molecule has 4 rings (SSSR count). The van der Waals surface area contributed by atoms with Gasteiger partial charge >= 0.3 is 0 Å². The summed E-state index contributed by atoms with van der Waals surface area (Å²) in [6.45, 7) is 0. The first-order chi connectivity index (χ1) is 13.0. The quantitative estimate of drug-likeness (QED) is 0.387. The van der Waals surface area contributed by atoms with Gasteiger partial charge in [-0.1, -0.05) is 12.1 Å². The van der Waals surface area contributed by atoms with Crippen molar-refractivity contribution >= 4 is 44.2 Å². The first kappa shape index (κ1) is 16.9. The SMILES string of the molecule is O=S(=O)(O)c1cccc(Nc2nccc(Nc3cccc4[nH]ncc34)n2)c1. The van der Waals surface area contributed by atoms with E-state index in [-0.39, 0.29) is 10.8 Å². The second kappa shape index (κ2) is 6.67. The van der Waals surface area contributed by atoms with Crippen LogP contribution < -0.4 is 10.6 Å². The van der Waals surface area contributed by atoms with Crippen LogP contribution in [0.5, 0.6) is 0 Å². The number of rotatable bonds is 5. The van der Waals surface area contributed by atoms with Crippen LogP contribution in [0.15, 0.2) is 65.8 Å². The van der Waals surface area contributed by atoms with Crippen molar-refractivity contribution < 1.29 is 13.0 Å². The molecule has 2 heterocycles. The Morgan fingerprint density at radius 1 is 1.04 bits per heavy atom. The van der Waals surface area contributed by atoms with Crippen LogP contribution >= 0.6 is 0 Å². The topological polar surface area (TPSA) is 133 Å². The average Bonchev–Trinajstić information content (AvgIpc) is 3.11. The van der Waals surface area contributed by atoms with Gasteiger partial charge in [-0.2, -0.15) is 18.5 Å². The Bertz CT molecular complexity index is 1220. The number of nitrogens with zero attached hydrogens (tertiary/aromatic N) is 3. The summed E-state index contributed by atoms with van der Waals surface area (Å²) in [4.78, 5) is 8.28. The maximum atomic E-state index is 11.3. The minimum Gasteiger partial charge on any atom is -0.339 e. The molecule has 27 heavy (non-hydrogen) atoms. The van der Waals surface area contributed by atoms with Crippen molar-refractivity contribution in [3.8, 4) is 0 Å². The molecule has 0 bridgehead atoms. The number of benzene rings is 2. The zero-order chi connectivity index (χ0) is 18.9. The summed E-state index contributed by atoms with van der Waals surface area (Å²) in [6.07, 6.45) is 3.29. The highest BCUT2D eigenvalue weighted by molar-refractivity contribution is 7.85.